The van der Waals surface area contributed by atoms with Crippen molar-refractivity contribution in [3.63, 3.8) is 0 Å². The monoisotopic (exact) mass is 478 g/mol. The van der Waals surface area contributed by atoms with E-state index in [1.54, 1.807) is 13.2 Å². The lowest BCUT2D eigenvalue weighted by Crippen LogP contribution is -2.15. The first-order valence-electron chi connectivity index (χ1n) is 14.5. The third-order valence-electron chi connectivity index (χ3n) is 9.04. The maximum absolute atomic E-state index is 15.1. The molecule has 2 heteroatoms. The van der Waals surface area contributed by atoms with Gasteiger partial charge in [-0.15, -0.1) is 0 Å². The topological polar surface area (TPSA) is 9.23 Å². The quantitative estimate of drug-likeness (QED) is 0.292. The van der Waals surface area contributed by atoms with Crippen molar-refractivity contribution in [1.29, 1.82) is 0 Å². The second-order valence-electron chi connectivity index (χ2n) is 11.5. The summed E-state index contributed by atoms with van der Waals surface area (Å²) in [7, 11) is 1.79. The van der Waals surface area contributed by atoms with Gasteiger partial charge in [-0.2, -0.15) is 0 Å². The molecule has 0 unspecified atom stereocenters. The van der Waals surface area contributed by atoms with Crippen LogP contribution in [-0.4, -0.2) is 13.7 Å². The molecule has 0 aliphatic heterocycles. The van der Waals surface area contributed by atoms with Crippen LogP contribution in [0.5, 0.6) is 0 Å². The fourth-order valence-corrected chi connectivity index (χ4v) is 6.77. The number of ether oxygens (including phenoxy) is 1. The molecular formula is C33H47FO. The largest absolute Gasteiger partial charge is 0.385 e. The average molecular weight is 479 g/mol. The molecule has 0 spiro atoms. The molecule has 192 valence electrons. The highest BCUT2D eigenvalue weighted by atomic mass is 19.1. The summed E-state index contributed by atoms with van der Waals surface area (Å²) in [5.74, 6) is 3.24. The molecule has 0 aromatic heterocycles. The molecule has 0 bridgehead atoms. The summed E-state index contributed by atoms with van der Waals surface area (Å²) in [6, 6.07) is 14.7. The molecule has 35 heavy (non-hydrogen) atoms. The van der Waals surface area contributed by atoms with Crippen molar-refractivity contribution >= 4 is 0 Å². The molecule has 2 fully saturated rings. The molecule has 4 rings (SSSR count). The van der Waals surface area contributed by atoms with Crippen molar-refractivity contribution in [3.05, 3.63) is 59.4 Å². The minimum atomic E-state index is -0.0721. The molecule has 0 atom stereocenters. The van der Waals surface area contributed by atoms with Gasteiger partial charge in [0, 0.05) is 19.3 Å². The Kier molecular flexibility index (Phi) is 10.2. The number of hydrogen-bond donors (Lipinski definition) is 0. The normalized spacial score (nSPS) is 25.0. The van der Waals surface area contributed by atoms with Crippen LogP contribution in [0.1, 0.15) is 107 Å². The molecule has 0 amide bonds. The van der Waals surface area contributed by atoms with Gasteiger partial charge in [-0.1, -0.05) is 81.8 Å². The molecular weight excluding hydrogens is 431 g/mol. The van der Waals surface area contributed by atoms with Crippen molar-refractivity contribution in [2.45, 2.75) is 103 Å². The first-order valence-corrected chi connectivity index (χ1v) is 14.5. The predicted octanol–water partition coefficient (Wildman–Crippen LogP) is 9.73. The van der Waals surface area contributed by atoms with E-state index in [1.165, 1.54) is 89.0 Å². The van der Waals surface area contributed by atoms with Crippen LogP contribution in [0.25, 0.3) is 11.1 Å². The Balaban J connectivity index is 1.25. The Morgan fingerprint density at radius 2 is 1.40 bits per heavy atom. The van der Waals surface area contributed by atoms with Gasteiger partial charge < -0.3 is 4.74 Å². The van der Waals surface area contributed by atoms with Crippen LogP contribution < -0.4 is 0 Å². The molecule has 0 saturated heterocycles. The Hall–Kier alpha value is -1.67. The molecule has 2 aromatic rings. The van der Waals surface area contributed by atoms with Crippen molar-refractivity contribution in [2.24, 2.45) is 17.8 Å². The van der Waals surface area contributed by atoms with Crippen molar-refractivity contribution < 1.29 is 9.13 Å². The highest BCUT2D eigenvalue weighted by Gasteiger charge is 2.22. The Labute approximate surface area is 213 Å². The lowest BCUT2D eigenvalue weighted by molar-refractivity contribution is 0.175. The van der Waals surface area contributed by atoms with E-state index in [0.29, 0.717) is 5.92 Å². The van der Waals surface area contributed by atoms with Gasteiger partial charge >= 0.3 is 0 Å². The van der Waals surface area contributed by atoms with Gasteiger partial charge in [0.15, 0.2) is 0 Å². The first kappa shape index (κ1) is 26.4. The second kappa shape index (κ2) is 13.6. The summed E-state index contributed by atoms with van der Waals surface area (Å²) in [6.45, 7) is 3.19. The summed E-state index contributed by atoms with van der Waals surface area (Å²) < 4.78 is 20.3. The predicted molar refractivity (Wildman–Crippen MR) is 146 cm³/mol. The number of methoxy groups -OCH3 is 1. The van der Waals surface area contributed by atoms with Crippen LogP contribution in [0.4, 0.5) is 4.39 Å². The molecule has 0 heterocycles. The van der Waals surface area contributed by atoms with Crippen LogP contribution in [0.15, 0.2) is 42.5 Å². The minimum Gasteiger partial charge on any atom is -0.385 e. The average Bonchev–Trinajstić information content (AvgIpc) is 2.89. The lowest BCUT2D eigenvalue weighted by Gasteiger charge is -2.28. The molecule has 1 nitrogen and oxygen atoms in total. The zero-order valence-electron chi connectivity index (χ0n) is 22.2. The van der Waals surface area contributed by atoms with E-state index in [-0.39, 0.29) is 5.82 Å². The molecule has 2 aliphatic carbocycles. The first-order chi connectivity index (χ1) is 17.2. The fourth-order valence-electron chi connectivity index (χ4n) is 6.77. The van der Waals surface area contributed by atoms with E-state index in [9.17, 15) is 0 Å². The van der Waals surface area contributed by atoms with Gasteiger partial charge in [0.2, 0.25) is 0 Å². The van der Waals surface area contributed by atoms with Crippen molar-refractivity contribution in [3.8, 4) is 11.1 Å². The van der Waals surface area contributed by atoms with E-state index in [2.05, 4.69) is 37.3 Å². The van der Waals surface area contributed by atoms with E-state index >= 15 is 4.39 Å². The van der Waals surface area contributed by atoms with Gasteiger partial charge in [0.05, 0.1) is 0 Å². The zero-order valence-corrected chi connectivity index (χ0v) is 22.2. The molecule has 0 N–H and O–H groups in total. The third kappa shape index (κ3) is 7.66. The number of aryl methyl sites for hydroxylation is 1. The maximum atomic E-state index is 15.1. The van der Waals surface area contributed by atoms with Gasteiger partial charge in [0.25, 0.3) is 0 Å². The van der Waals surface area contributed by atoms with Gasteiger partial charge in [-0.25, -0.2) is 4.39 Å². The summed E-state index contributed by atoms with van der Waals surface area (Å²) >= 11 is 0. The van der Waals surface area contributed by atoms with Crippen LogP contribution >= 0.6 is 0 Å². The summed E-state index contributed by atoms with van der Waals surface area (Å²) in [4.78, 5) is 0. The maximum Gasteiger partial charge on any atom is 0.131 e. The van der Waals surface area contributed by atoms with Crippen LogP contribution in [0.2, 0.25) is 0 Å². The van der Waals surface area contributed by atoms with Crippen LogP contribution in [0, 0.1) is 23.6 Å². The second-order valence-corrected chi connectivity index (χ2v) is 11.5. The number of halogens is 1. The number of hydrogen-bond acceptors (Lipinski definition) is 1. The fraction of sp³-hybridized carbons (Fsp3) is 0.636. The van der Waals surface area contributed by atoms with Gasteiger partial charge in [0.1, 0.15) is 5.82 Å². The summed E-state index contributed by atoms with van der Waals surface area (Å²) in [5, 5.41) is 0. The lowest BCUT2D eigenvalue weighted by atomic mass is 9.77. The van der Waals surface area contributed by atoms with Crippen LogP contribution in [0.3, 0.4) is 0 Å². The SMILES string of the molecule is CCCC1CCC(c2ccc(-c3ccc(CCC4CCC(CCCOC)CC4)cc3F)cc2)CC1. The smallest absolute Gasteiger partial charge is 0.131 e. The Bertz CT molecular complexity index is 872. The van der Waals surface area contributed by atoms with Gasteiger partial charge in [-0.3, -0.25) is 0 Å². The van der Waals surface area contributed by atoms with Crippen LogP contribution in [-0.2, 0) is 11.2 Å². The third-order valence-corrected chi connectivity index (χ3v) is 9.04. The molecule has 2 aliphatic rings. The number of rotatable bonds is 11. The molecule has 0 radical (unpaired) electrons. The van der Waals surface area contributed by atoms with E-state index in [4.69, 9.17) is 4.74 Å². The summed E-state index contributed by atoms with van der Waals surface area (Å²) in [5.41, 5.74) is 4.33. The van der Waals surface area contributed by atoms with Gasteiger partial charge in [-0.05, 0) is 97.8 Å². The Morgan fingerprint density at radius 1 is 0.771 bits per heavy atom. The van der Waals surface area contributed by atoms with E-state index in [1.807, 2.05) is 6.07 Å². The zero-order chi connectivity index (χ0) is 24.5. The van der Waals surface area contributed by atoms with Crippen molar-refractivity contribution in [2.75, 3.05) is 13.7 Å². The summed E-state index contributed by atoms with van der Waals surface area (Å²) in [6.07, 6.45) is 18.1. The Morgan fingerprint density at radius 3 is 2.03 bits per heavy atom. The molecule has 2 aromatic carbocycles. The highest BCUT2D eigenvalue weighted by Crippen LogP contribution is 2.38. The van der Waals surface area contributed by atoms with E-state index < -0.39 is 0 Å². The van der Waals surface area contributed by atoms with Crippen molar-refractivity contribution in [1.82, 2.24) is 0 Å². The van der Waals surface area contributed by atoms with E-state index in [0.717, 1.165) is 47.5 Å². The number of benzene rings is 2. The highest BCUT2D eigenvalue weighted by molar-refractivity contribution is 5.65. The molecule has 2 saturated carbocycles. The minimum absolute atomic E-state index is 0.0721. The standard InChI is InChI=1S/C33H47FO/c1-3-5-25-13-16-29(17-14-25)30-18-20-31(21-19-30)32-22-15-28(24-33(32)34)12-11-27-9-7-26(8-10-27)6-4-23-35-2/h15,18-22,24-27,29H,3-14,16-17,23H2,1-2H3.